The van der Waals surface area contributed by atoms with Gasteiger partial charge in [-0.2, -0.15) is 0 Å². The number of aryl methyl sites for hydroxylation is 1. The molecule has 1 atom stereocenters. The van der Waals surface area contributed by atoms with E-state index < -0.39 is 0 Å². The summed E-state index contributed by atoms with van der Waals surface area (Å²) in [4.78, 5) is 33.5. The van der Waals surface area contributed by atoms with E-state index in [9.17, 15) is 9.59 Å². The van der Waals surface area contributed by atoms with Crippen molar-refractivity contribution in [2.24, 2.45) is 5.92 Å². The normalized spacial score (nSPS) is 15.6. The Morgan fingerprint density at radius 1 is 1.19 bits per heavy atom. The van der Waals surface area contributed by atoms with Crippen LogP contribution in [0.25, 0.3) is 15.9 Å². The summed E-state index contributed by atoms with van der Waals surface area (Å²) in [6.45, 7) is 2.26. The highest BCUT2D eigenvalue weighted by Crippen LogP contribution is 2.37. The fourth-order valence-corrected chi connectivity index (χ4v) is 6.72. The molecule has 2 aromatic carbocycles. The van der Waals surface area contributed by atoms with E-state index in [1.165, 1.54) is 22.2 Å². The fourth-order valence-electron chi connectivity index (χ4n) is 4.12. The van der Waals surface area contributed by atoms with Crippen LogP contribution in [0.5, 0.6) is 0 Å². The summed E-state index contributed by atoms with van der Waals surface area (Å²) in [5.74, 6) is 0.856. The highest BCUT2D eigenvalue weighted by atomic mass is 79.9. The molecule has 162 valence electrons. The third-order valence-electron chi connectivity index (χ3n) is 5.81. The van der Waals surface area contributed by atoms with Crippen LogP contribution < -0.4 is 5.56 Å². The predicted octanol–water partition coefficient (Wildman–Crippen LogP) is 6.31. The maximum atomic E-state index is 13.7. The molecule has 1 aliphatic rings. The summed E-state index contributed by atoms with van der Waals surface area (Å²) < 4.78 is 2.61. The number of benzene rings is 2. The van der Waals surface area contributed by atoms with Gasteiger partial charge in [0.25, 0.3) is 5.56 Å². The van der Waals surface area contributed by atoms with Crippen molar-refractivity contribution < 1.29 is 4.79 Å². The Balaban J connectivity index is 1.58. The second-order valence-electron chi connectivity index (χ2n) is 8.12. The highest BCUT2D eigenvalue weighted by molar-refractivity contribution is 9.10. The van der Waals surface area contributed by atoms with Crippen LogP contribution in [-0.4, -0.2) is 21.1 Å². The second-order valence-corrected chi connectivity index (χ2v) is 11.1. The van der Waals surface area contributed by atoms with Gasteiger partial charge in [-0.3, -0.25) is 14.2 Å². The Hall–Kier alpha value is -2.22. The van der Waals surface area contributed by atoms with Crippen LogP contribution in [0, 0.1) is 5.92 Å². The minimum Gasteiger partial charge on any atom is -0.293 e. The molecule has 0 fully saturated rings. The molecule has 2 heterocycles. The smallest absolute Gasteiger partial charge is 0.267 e. The van der Waals surface area contributed by atoms with Crippen LogP contribution in [0.4, 0.5) is 0 Å². The van der Waals surface area contributed by atoms with Crippen molar-refractivity contribution in [1.29, 1.82) is 0 Å². The van der Waals surface area contributed by atoms with Gasteiger partial charge < -0.3 is 0 Å². The van der Waals surface area contributed by atoms with Crippen LogP contribution in [0.15, 0.2) is 69.0 Å². The predicted molar refractivity (Wildman–Crippen MR) is 136 cm³/mol. The quantitative estimate of drug-likeness (QED) is 0.174. The Labute approximate surface area is 202 Å². The molecular formula is C25H21BrN2O2S2. The van der Waals surface area contributed by atoms with E-state index in [0.29, 0.717) is 16.6 Å². The highest BCUT2D eigenvalue weighted by Gasteiger charge is 2.25. The third-order valence-corrected chi connectivity index (χ3v) is 8.43. The van der Waals surface area contributed by atoms with Gasteiger partial charge >= 0.3 is 0 Å². The zero-order chi connectivity index (χ0) is 22.2. The molecule has 4 aromatic rings. The van der Waals surface area contributed by atoms with Gasteiger partial charge in [-0.05, 0) is 55.0 Å². The number of hydrogen-bond acceptors (Lipinski definition) is 5. The molecule has 0 N–H and O–H groups in total. The van der Waals surface area contributed by atoms with Gasteiger partial charge in [-0.25, -0.2) is 4.98 Å². The van der Waals surface area contributed by atoms with E-state index in [1.807, 2.05) is 54.6 Å². The van der Waals surface area contributed by atoms with Gasteiger partial charge in [0.1, 0.15) is 4.83 Å². The zero-order valence-corrected chi connectivity index (χ0v) is 20.7. The van der Waals surface area contributed by atoms with Crippen molar-refractivity contribution in [1.82, 2.24) is 9.55 Å². The lowest BCUT2D eigenvalue weighted by Gasteiger charge is -2.17. The number of aromatic nitrogens is 2. The molecule has 0 bridgehead atoms. The van der Waals surface area contributed by atoms with Gasteiger partial charge in [0.2, 0.25) is 0 Å². The molecule has 2 aromatic heterocycles. The standard InChI is InChI=1S/C25H21BrN2O2S2/c1-15-7-12-19-21(13-15)32-23-22(19)24(30)28(18-5-3-2-4-6-18)25(27-23)31-14-20(29)16-8-10-17(26)11-9-16/h2-6,8-11,15H,7,12-14H2,1H3/t15-/m1/s1. The van der Waals surface area contributed by atoms with E-state index in [1.54, 1.807) is 15.9 Å². The van der Waals surface area contributed by atoms with E-state index in [0.717, 1.165) is 39.6 Å². The average molecular weight is 525 g/mol. The molecule has 0 saturated carbocycles. The summed E-state index contributed by atoms with van der Waals surface area (Å²) in [6.07, 6.45) is 3.03. The maximum Gasteiger partial charge on any atom is 0.267 e. The molecule has 1 aliphatic carbocycles. The third kappa shape index (κ3) is 4.09. The topological polar surface area (TPSA) is 52.0 Å². The molecule has 0 spiro atoms. The zero-order valence-electron chi connectivity index (χ0n) is 17.5. The summed E-state index contributed by atoms with van der Waals surface area (Å²) in [6, 6.07) is 16.9. The number of halogens is 1. The number of ketones is 1. The Morgan fingerprint density at radius 2 is 1.94 bits per heavy atom. The number of hydrogen-bond donors (Lipinski definition) is 0. The van der Waals surface area contributed by atoms with E-state index >= 15 is 0 Å². The van der Waals surface area contributed by atoms with Crippen LogP contribution in [0.3, 0.4) is 0 Å². The van der Waals surface area contributed by atoms with Crippen molar-refractivity contribution in [2.45, 2.75) is 31.3 Å². The van der Waals surface area contributed by atoms with E-state index in [2.05, 4.69) is 22.9 Å². The second kappa shape index (κ2) is 8.96. The lowest BCUT2D eigenvalue weighted by Crippen LogP contribution is -2.23. The largest absolute Gasteiger partial charge is 0.293 e. The monoisotopic (exact) mass is 524 g/mol. The minimum absolute atomic E-state index is 0.00996. The molecule has 0 aliphatic heterocycles. The first-order valence-corrected chi connectivity index (χ1v) is 13.1. The number of nitrogens with zero attached hydrogens (tertiary/aromatic N) is 2. The Morgan fingerprint density at radius 3 is 2.69 bits per heavy atom. The Bertz CT molecular complexity index is 1360. The number of thioether (sulfide) groups is 1. The molecule has 0 radical (unpaired) electrons. The molecule has 5 rings (SSSR count). The molecule has 0 unspecified atom stereocenters. The van der Waals surface area contributed by atoms with Crippen molar-refractivity contribution in [3.05, 3.63) is 85.4 Å². The fraction of sp³-hybridized carbons (Fsp3) is 0.240. The number of fused-ring (bicyclic) bond motifs is 3. The van der Waals surface area contributed by atoms with Crippen molar-refractivity contribution in [2.75, 3.05) is 5.75 Å². The van der Waals surface area contributed by atoms with Crippen LogP contribution in [0.2, 0.25) is 0 Å². The van der Waals surface area contributed by atoms with E-state index in [4.69, 9.17) is 4.98 Å². The maximum absolute atomic E-state index is 13.7. The molecule has 7 heteroatoms. The van der Waals surface area contributed by atoms with Crippen molar-refractivity contribution in [3.8, 4) is 5.69 Å². The van der Waals surface area contributed by atoms with Gasteiger partial charge in [-0.15, -0.1) is 11.3 Å². The molecule has 32 heavy (non-hydrogen) atoms. The minimum atomic E-state index is -0.0353. The molecular weight excluding hydrogens is 504 g/mol. The van der Waals surface area contributed by atoms with E-state index in [-0.39, 0.29) is 17.1 Å². The van der Waals surface area contributed by atoms with Gasteiger partial charge in [0, 0.05) is 14.9 Å². The summed E-state index contributed by atoms with van der Waals surface area (Å²) in [5.41, 5.74) is 2.56. The number of para-hydroxylation sites is 1. The van der Waals surface area contributed by atoms with Crippen molar-refractivity contribution >= 4 is 55.0 Å². The number of Topliss-reactive ketones (excluding diaryl/α,β-unsaturated/α-hetero) is 1. The van der Waals surface area contributed by atoms with Gasteiger partial charge in [0.05, 0.1) is 16.8 Å². The van der Waals surface area contributed by atoms with Gasteiger partial charge in [-0.1, -0.05) is 64.9 Å². The van der Waals surface area contributed by atoms with Gasteiger partial charge in [0.15, 0.2) is 10.9 Å². The average Bonchev–Trinajstić information content (AvgIpc) is 3.16. The number of carbonyl (C=O) groups is 1. The molecule has 0 amide bonds. The molecule has 4 nitrogen and oxygen atoms in total. The number of thiophene rings is 1. The lowest BCUT2D eigenvalue weighted by molar-refractivity contribution is 0.102. The van der Waals surface area contributed by atoms with Crippen molar-refractivity contribution in [3.63, 3.8) is 0 Å². The first kappa shape index (κ1) is 21.6. The molecule has 0 saturated heterocycles. The lowest BCUT2D eigenvalue weighted by atomic mass is 9.89. The summed E-state index contributed by atoms with van der Waals surface area (Å²) >= 11 is 6.36. The van der Waals surface area contributed by atoms with Crippen LogP contribution in [0.1, 0.15) is 34.1 Å². The SMILES string of the molecule is C[C@@H]1CCc2c(sc3nc(SCC(=O)c4ccc(Br)cc4)n(-c4ccccc4)c(=O)c23)C1. The summed E-state index contributed by atoms with van der Waals surface area (Å²) in [5, 5.41) is 1.31. The first-order valence-electron chi connectivity index (χ1n) is 10.6. The summed E-state index contributed by atoms with van der Waals surface area (Å²) in [7, 11) is 0. The van der Waals surface area contributed by atoms with Crippen LogP contribution in [-0.2, 0) is 12.8 Å². The van der Waals surface area contributed by atoms with Crippen LogP contribution >= 0.6 is 39.0 Å². The Kier molecular flexibility index (Phi) is 6.05. The first-order chi connectivity index (χ1) is 15.5. The number of carbonyl (C=O) groups excluding carboxylic acids is 1. The number of rotatable bonds is 5.